The molecule has 0 radical (unpaired) electrons. The Morgan fingerprint density at radius 2 is 1.94 bits per heavy atom. The van der Waals surface area contributed by atoms with E-state index >= 15 is 0 Å². The number of aryl methyl sites for hydroxylation is 2. The van der Waals surface area contributed by atoms with Crippen molar-refractivity contribution in [2.24, 2.45) is 7.05 Å². The lowest BCUT2D eigenvalue weighted by molar-refractivity contribution is -0.135. The van der Waals surface area contributed by atoms with Gasteiger partial charge < -0.3 is 10.1 Å². The van der Waals surface area contributed by atoms with Crippen LogP contribution in [0.1, 0.15) is 58.1 Å². The SMILES string of the molecule is Cn1c(=O)n(C2CCC(=O)NC2=O)c2ccc(CCCCNC(=O)OC(C)(C)C)cc21. The maximum atomic E-state index is 12.8. The standard InChI is InChI=1S/C22H30N4O5/c1-22(2,3)31-20(29)23-12-6-5-7-14-8-9-15-17(13-14)25(4)21(30)26(15)16-10-11-18(27)24-19(16)28/h8-9,13,16H,5-7,10-12H2,1-4H3,(H,23,29)(H,24,27,28). The molecule has 3 amide bonds. The first-order chi connectivity index (χ1) is 14.6. The zero-order valence-corrected chi connectivity index (χ0v) is 18.5. The van der Waals surface area contributed by atoms with E-state index in [0.29, 0.717) is 18.5 Å². The van der Waals surface area contributed by atoms with Crippen LogP contribution in [0, 0.1) is 0 Å². The molecule has 0 saturated carbocycles. The molecule has 2 aromatic rings. The second-order valence-corrected chi connectivity index (χ2v) is 8.89. The highest BCUT2D eigenvalue weighted by molar-refractivity contribution is 6.00. The number of unbranched alkanes of at least 4 members (excludes halogenated alkanes) is 1. The Morgan fingerprint density at radius 1 is 1.19 bits per heavy atom. The Morgan fingerprint density at radius 3 is 2.61 bits per heavy atom. The first-order valence-corrected chi connectivity index (χ1v) is 10.6. The van der Waals surface area contributed by atoms with E-state index in [-0.39, 0.29) is 18.0 Å². The lowest BCUT2D eigenvalue weighted by atomic mass is 10.0. The number of benzene rings is 1. The van der Waals surface area contributed by atoms with Crippen LogP contribution in [0.2, 0.25) is 0 Å². The van der Waals surface area contributed by atoms with E-state index in [0.717, 1.165) is 30.3 Å². The van der Waals surface area contributed by atoms with Gasteiger partial charge in [0.25, 0.3) is 0 Å². The topological polar surface area (TPSA) is 111 Å². The summed E-state index contributed by atoms with van der Waals surface area (Å²) in [5.41, 5.74) is 1.71. The Labute approximate surface area is 180 Å². The van der Waals surface area contributed by atoms with Gasteiger partial charge in [-0.15, -0.1) is 0 Å². The number of carbonyl (C=O) groups excluding carboxylic acids is 3. The number of aromatic nitrogens is 2. The Bertz CT molecular complexity index is 1060. The third kappa shape index (κ3) is 5.34. The largest absolute Gasteiger partial charge is 0.444 e. The summed E-state index contributed by atoms with van der Waals surface area (Å²) in [4.78, 5) is 48.2. The van der Waals surface area contributed by atoms with Crippen LogP contribution in [0.25, 0.3) is 11.0 Å². The molecule has 1 aromatic carbocycles. The fourth-order valence-electron chi connectivity index (χ4n) is 3.75. The lowest BCUT2D eigenvalue weighted by Gasteiger charge is -2.21. The van der Waals surface area contributed by atoms with Crippen molar-refractivity contribution in [2.75, 3.05) is 6.54 Å². The van der Waals surface area contributed by atoms with Crippen LogP contribution >= 0.6 is 0 Å². The quantitative estimate of drug-likeness (QED) is 0.539. The van der Waals surface area contributed by atoms with Gasteiger partial charge in [-0.1, -0.05) is 6.07 Å². The van der Waals surface area contributed by atoms with E-state index in [1.165, 1.54) is 9.13 Å². The van der Waals surface area contributed by atoms with Gasteiger partial charge in [-0.2, -0.15) is 0 Å². The normalized spacial score (nSPS) is 17.0. The minimum Gasteiger partial charge on any atom is -0.444 e. The van der Waals surface area contributed by atoms with Gasteiger partial charge in [-0.25, -0.2) is 9.59 Å². The number of hydrogen-bond acceptors (Lipinski definition) is 5. The number of hydrogen-bond donors (Lipinski definition) is 2. The highest BCUT2D eigenvalue weighted by Gasteiger charge is 2.31. The highest BCUT2D eigenvalue weighted by atomic mass is 16.6. The number of imide groups is 1. The fraction of sp³-hybridized carbons (Fsp3) is 0.545. The molecule has 1 unspecified atom stereocenters. The summed E-state index contributed by atoms with van der Waals surface area (Å²) in [6.07, 6.45) is 2.57. The fourth-order valence-corrected chi connectivity index (χ4v) is 3.75. The second kappa shape index (κ2) is 8.95. The number of imidazole rings is 1. The van der Waals surface area contributed by atoms with Crippen LogP contribution in [-0.4, -0.2) is 39.2 Å². The molecular weight excluding hydrogens is 400 g/mol. The van der Waals surface area contributed by atoms with Gasteiger partial charge in [0.1, 0.15) is 11.6 Å². The molecule has 0 spiro atoms. The summed E-state index contributed by atoms with van der Waals surface area (Å²) in [7, 11) is 1.68. The molecule has 9 heteroatoms. The minimum atomic E-state index is -0.682. The van der Waals surface area contributed by atoms with Crippen molar-refractivity contribution in [3.63, 3.8) is 0 Å². The molecule has 0 bridgehead atoms. The highest BCUT2D eigenvalue weighted by Crippen LogP contribution is 2.24. The maximum absolute atomic E-state index is 12.8. The number of piperidine rings is 1. The summed E-state index contributed by atoms with van der Waals surface area (Å²) < 4.78 is 8.22. The number of nitrogens with one attached hydrogen (secondary N) is 2. The molecule has 0 aliphatic carbocycles. The van der Waals surface area contributed by atoms with E-state index in [2.05, 4.69) is 10.6 Å². The van der Waals surface area contributed by atoms with E-state index in [1.54, 1.807) is 7.05 Å². The zero-order chi connectivity index (χ0) is 22.8. The van der Waals surface area contributed by atoms with Crippen LogP contribution in [0.5, 0.6) is 0 Å². The smallest absolute Gasteiger partial charge is 0.407 e. The molecule has 2 heterocycles. The van der Waals surface area contributed by atoms with Gasteiger partial charge in [0.05, 0.1) is 11.0 Å². The van der Waals surface area contributed by atoms with Gasteiger partial charge in [-0.3, -0.25) is 24.0 Å². The molecule has 1 fully saturated rings. The first-order valence-electron chi connectivity index (χ1n) is 10.6. The number of fused-ring (bicyclic) bond motifs is 1. The van der Waals surface area contributed by atoms with E-state index in [1.807, 2.05) is 39.0 Å². The van der Waals surface area contributed by atoms with Gasteiger partial charge >= 0.3 is 11.8 Å². The average molecular weight is 431 g/mol. The van der Waals surface area contributed by atoms with Crippen molar-refractivity contribution >= 4 is 28.9 Å². The predicted octanol–water partition coefficient (Wildman–Crippen LogP) is 2.17. The first kappa shape index (κ1) is 22.6. The van der Waals surface area contributed by atoms with Gasteiger partial charge in [0.2, 0.25) is 11.8 Å². The van der Waals surface area contributed by atoms with E-state index in [9.17, 15) is 19.2 Å². The predicted molar refractivity (Wildman–Crippen MR) is 116 cm³/mol. The second-order valence-electron chi connectivity index (χ2n) is 8.89. The number of carbonyl (C=O) groups is 3. The van der Waals surface area contributed by atoms with Crippen LogP contribution in [0.3, 0.4) is 0 Å². The molecule has 2 N–H and O–H groups in total. The number of amides is 3. The van der Waals surface area contributed by atoms with Gasteiger partial charge in [0, 0.05) is 20.0 Å². The molecule has 9 nitrogen and oxygen atoms in total. The molecule has 1 aliphatic rings. The Balaban J connectivity index is 1.64. The molecule has 1 saturated heterocycles. The molecule has 3 rings (SSSR count). The van der Waals surface area contributed by atoms with Gasteiger partial charge in [-0.05, 0) is 64.2 Å². The monoisotopic (exact) mass is 430 g/mol. The van der Waals surface area contributed by atoms with Crippen molar-refractivity contribution in [3.05, 3.63) is 34.2 Å². The van der Waals surface area contributed by atoms with Crippen molar-refractivity contribution in [3.8, 4) is 0 Å². The summed E-state index contributed by atoms with van der Waals surface area (Å²) >= 11 is 0. The molecule has 1 aromatic heterocycles. The summed E-state index contributed by atoms with van der Waals surface area (Å²) in [6.45, 7) is 6.00. The summed E-state index contributed by atoms with van der Waals surface area (Å²) in [5.74, 6) is -0.745. The summed E-state index contributed by atoms with van der Waals surface area (Å²) in [5, 5.41) is 5.06. The van der Waals surface area contributed by atoms with E-state index in [4.69, 9.17) is 4.74 Å². The maximum Gasteiger partial charge on any atom is 0.407 e. The third-order valence-electron chi connectivity index (χ3n) is 5.24. The number of nitrogens with zero attached hydrogens (tertiary/aromatic N) is 2. The number of rotatable bonds is 6. The average Bonchev–Trinajstić information content (AvgIpc) is 2.91. The van der Waals surface area contributed by atoms with Crippen molar-refractivity contribution in [2.45, 2.75) is 64.5 Å². The molecule has 168 valence electrons. The molecular formula is C22H30N4O5. The van der Waals surface area contributed by atoms with Crippen molar-refractivity contribution in [1.82, 2.24) is 19.8 Å². The molecule has 1 atom stereocenters. The van der Waals surface area contributed by atoms with Crippen molar-refractivity contribution < 1.29 is 19.1 Å². The number of alkyl carbamates (subject to hydrolysis) is 1. The Hall–Kier alpha value is -3.10. The zero-order valence-electron chi connectivity index (χ0n) is 18.5. The third-order valence-corrected chi connectivity index (χ3v) is 5.24. The van der Waals surface area contributed by atoms with Crippen LogP contribution in [0.4, 0.5) is 4.79 Å². The summed E-state index contributed by atoms with van der Waals surface area (Å²) in [6, 6.07) is 5.08. The van der Waals surface area contributed by atoms with Crippen LogP contribution < -0.4 is 16.3 Å². The Kier molecular flexibility index (Phi) is 6.52. The van der Waals surface area contributed by atoms with E-state index < -0.39 is 23.6 Å². The number of ether oxygens (including phenoxy) is 1. The molecule has 31 heavy (non-hydrogen) atoms. The lowest BCUT2D eigenvalue weighted by Crippen LogP contribution is -2.44. The molecule has 1 aliphatic heterocycles. The van der Waals surface area contributed by atoms with Crippen LogP contribution in [0.15, 0.2) is 23.0 Å². The minimum absolute atomic E-state index is 0.217. The van der Waals surface area contributed by atoms with Gasteiger partial charge in [0.15, 0.2) is 0 Å². The van der Waals surface area contributed by atoms with Crippen LogP contribution in [-0.2, 0) is 27.8 Å². The van der Waals surface area contributed by atoms with Crippen molar-refractivity contribution in [1.29, 1.82) is 0 Å².